The quantitative estimate of drug-likeness (QED) is 0.287. The molecule has 1 fully saturated rings. The number of nitrogen functional groups attached to an aromatic ring is 1. The van der Waals surface area contributed by atoms with Gasteiger partial charge < -0.3 is 36.2 Å². The summed E-state index contributed by atoms with van der Waals surface area (Å²) in [6, 6.07) is 6.59. The Labute approximate surface area is 200 Å². The molecule has 2 aromatic heterocycles. The van der Waals surface area contributed by atoms with Crippen LogP contribution in [0.15, 0.2) is 36.9 Å². The van der Waals surface area contributed by atoms with Crippen LogP contribution in [0.2, 0.25) is 5.02 Å². The van der Waals surface area contributed by atoms with Crippen molar-refractivity contribution in [1.29, 1.82) is 0 Å². The smallest absolute Gasteiger partial charge is 0.319 e. The van der Waals surface area contributed by atoms with E-state index < -0.39 is 24.5 Å². The van der Waals surface area contributed by atoms with Crippen molar-refractivity contribution in [1.82, 2.24) is 29.7 Å². The summed E-state index contributed by atoms with van der Waals surface area (Å²) in [6.45, 7) is 1.48. The molecule has 1 aliphatic heterocycles. The summed E-state index contributed by atoms with van der Waals surface area (Å²) in [5.74, 6) is 0.225. The Morgan fingerprint density at radius 3 is 2.91 bits per heavy atom. The van der Waals surface area contributed by atoms with Crippen LogP contribution in [-0.4, -0.2) is 85.7 Å². The fourth-order valence-corrected chi connectivity index (χ4v) is 4.05. The van der Waals surface area contributed by atoms with Gasteiger partial charge in [0.1, 0.15) is 30.2 Å². The molecule has 4 rings (SSSR count). The summed E-state index contributed by atoms with van der Waals surface area (Å²) in [5.41, 5.74) is 7.26. The summed E-state index contributed by atoms with van der Waals surface area (Å²) >= 11 is 5.91. The number of hydrogen-bond acceptors (Lipinski definition) is 9. The molecule has 6 N–H and O–H groups in total. The molecular formula is C21H27ClN8O4. The minimum absolute atomic E-state index is 0.225. The Kier molecular flexibility index (Phi) is 7.44. The Morgan fingerprint density at radius 2 is 2.12 bits per heavy atom. The molecule has 0 aliphatic carbocycles. The van der Waals surface area contributed by atoms with Crippen LogP contribution in [0.3, 0.4) is 0 Å². The van der Waals surface area contributed by atoms with Crippen LogP contribution in [0.5, 0.6) is 0 Å². The predicted octanol–water partition coefficient (Wildman–Crippen LogP) is 0.825. The minimum Gasteiger partial charge on any atom is -0.387 e. The second-order valence-electron chi connectivity index (χ2n) is 8.14. The third-order valence-corrected chi connectivity index (χ3v) is 5.81. The van der Waals surface area contributed by atoms with Gasteiger partial charge in [-0.05, 0) is 38.2 Å². The van der Waals surface area contributed by atoms with Gasteiger partial charge in [0.15, 0.2) is 17.7 Å². The van der Waals surface area contributed by atoms with Crippen LogP contribution in [0, 0.1) is 0 Å². The maximum Gasteiger partial charge on any atom is 0.319 e. The van der Waals surface area contributed by atoms with E-state index in [2.05, 4.69) is 25.6 Å². The van der Waals surface area contributed by atoms with E-state index in [1.54, 1.807) is 28.8 Å². The molecule has 4 atom stereocenters. The summed E-state index contributed by atoms with van der Waals surface area (Å²) in [4.78, 5) is 26.2. The van der Waals surface area contributed by atoms with E-state index in [1.165, 1.54) is 12.7 Å². The van der Waals surface area contributed by atoms with Crippen LogP contribution >= 0.6 is 11.6 Å². The Morgan fingerprint density at radius 1 is 1.29 bits per heavy atom. The van der Waals surface area contributed by atoms with Crippen LogP contribution in [0.25, 0.3) is 11.2 Å². The second-order valence-corrected chi connectivity index (χ2v) is 8.57. The van der Waals surface area contributed by atoms with Gasteiger partial charge in [0.05, 0.1) is 6.33 Å². The van der Waals surface area contributed by atoms with E-state index in [9.17, 15) is 15.0 Å². The number of hydrogen-bond donors (Lipinski definition) is 5. The largest absolute Gasteiger partial charge is 0.387 e. The van der Waals surface area contributed by atoms with E-state index >= 15 is 0 Å². The third-order valence-electron chi connectivity index (χ3n) is 5.57. The van der Waals surface area contributed by atoms with Crippen LogP contribution in [0.4, 0.5) is 16.3 Å². The van der Waals surface area contributed by atoms with Gasteiger partial charge in [-0.1, -0.05) is 17.7 Å². The summed E-state index contributed by atoms with van der Waals surface area (Å²) in [5, 5.41) is 27.2. The number of anilines is 2. The Bertz CT molecular complexity index is 1140. The number of likely N-dealkylation sites (N-methyl/N-ethyl adjacent to an activating group) is 1. The average molecular weight is 491 g/mol. The summed E-state index contributed by atoms with van der Waals surface area (Å²) < 4.78 is 7.50. The van der Waals surface area contributed by atoms with Gasteiger partial charge in [0, 0.05) is 23.8 Å². The molecule has 0 unspecified atom stereocenters. The molecule has 3 aromatic rings. The van der Waals surface area contributed by atoms with Crippen LogP contribution < -0.4 is 16.4 Å². The molecule has 34 heavy (non-hydrogen) atoms. The van der Waals surface area contributed by atoms with Gasteiger partial charge in [-0.15, -0.1) is 0 Å². The SMILES string of the molecule is CN(CCCNC(=O)Nc1cccc(Cl)c1)C[C@H]1O[C@@H](n2cnc3c(N)ncnc32)[C@H](O)[C@@H]1O. The van der Waals surface area contributed by atoms with Gasteiger partial charge in [-0.25, -0.2) is 19.7 Å². The van der Waals surface area contributed by atoms with Crippen molar-refractivity contribution in [3.05, 3.63) is 41.9 Å². The molecule has 1 aromatic carbocycles. The first-order valence-corrected chi connectivity index (χ1v) is 11.1. The number of urea groups is 1. The lowest BCUT2D eigenvalue weighted by Crippen LogP contribution is -2.39. The topological polar surface area (TPSA) is 164 Å². The molecule has 182 valence electrons. The number of imidazole rings is 1. The number of fused-ring (bicyclic) bond motifs is 1. The van der Waals surface area contributed by atoms with E-state index in [1.807, 2.05) is 11.9 Å². The maximum atomic E-state index is 12.0. The van der Waals surface area contributed by atoms with Crippen molar-refractivity contribution in [3.8, 4) is 0 Å². The number of ether oxygens (including phenoxy) is 1. The number of nitrogens with one attached hydrogen (secondary N) is 2. The molecule has 1 saturated heterocycles. The molecular weight excluding hydrogens is 464 g/mol. The highest BCUT2D eigenvalue weighted by atomic mass is 35.5. The number of carbonyl (C=O) groups excluding carboxylic acids is 1. The van der Waals surface area contributed by atoms with Crippen molar-refractivity contribution < 1.29 is 19.7 Å². The predicted molar refractivity (Wildman–Crippen MR) is 126 cm³/mol. The number of benzene rings is 1. The van der Waals surface area contributed by atoms with Gasteiger partial charge >= 0.3 is 6.03 Å². The highest BCUT2D eigenvalue weighted by Gasteiger charge is 2.44. The lowest BCUT2D eigenvalue weighted by molar-refractivity contribution is -0.0421. The first-order chi connectivity index (χ1) is 16.3. The molecule has 1 aliphatic rings. The van der Waals surface area contributed by atoms with Crippen LogP contribution in [-0.2, 0) is 4.74 Å². The molecule has 0 bridgehead atoms. The number of aliphatic hydroxyl groups excluding tert-OH is 2. The monoisotopic (exact) mass is 490 g/mol. The molecule has 3 heterocycles. The molecule has 0 saturated carbocycles. The number of aliphatic hydroxyl groups is 2. The number of amides is 2. The van der Waals surface area contributed by atoms with Crippen molar-refractivity contribution in [2.75, 3.05) is 37.7 Å². The zero-order valence-corrected chi connectivity index (χ0v) is 19.3. The maximum absolute atomic E-state index is 12.0. The minimum atomic E-state index is -1.16. The van der Waals surface area contributed by atoms with E-state index in [0.29, 0.717) is 47.9 Å². The van der Waals surface area contributed by atoms with Gasteiger partial charge in [-0.3, -0.25) is 4.57 Å². The highest BCUT2D eigenvalue weighted by Crippen LogP contribution is 2.32. The molecule has 0 radical (unpaired) electrons. The Balaban J connectivity index is 1.24. The third kappa shape index (κ3) is 5.37. The number of nitrogens with two attached hydrogens (primary N) is 1. The number of nitrogens with zero attached hydrogens (tertiary/aromatic N) is 5. The molecule has 13 heteroatoms. The fraction of sp³-hybridized carbons (Fsp3) is 0.429. The van der Waals surface area contributed by atoms with Crippen molar-refractivity contribution in [2.45, 2.75) is 31.0 Å². The normalized spacial score (nSPS) is 22.4. The van der Waals surface area contributed by atoms with Crippen molar-refractivity contribution in [3.63, 3.8) is 0 Å². The highest BCUT2D eigenvalue weighted by molar-refractivity contribution is 6.30. The first-order valence-electron chi connectivity index (χ1n) is 10.8. The Hall–Kier alpha value is -3.03. The van der Waals surface area contributed by atoms with E-state index in [4.69, 9.17) is 22.1 Å². The zero-order chi connectivity index (χ0) is 24.2. The van der Waals surface area contributed by atoms with Crippen molar-refractivity contribution >= 4 is 40.3 Å². The lowest BCUT2D eigenvalue weighted by Gasteiger charge is -2.22. The van der Waals surface area contributed by atoms with Gasteiger partial charge in [0.25, 0.3) is 0 Å². The van der Waals surface area contributed by atoms with E-state index in [-0.39, 0.29) is 11.8 Å². The number of rotatable bonds is 8. The number of aromatic nitrogens is 4. The first kappa shape index (κ1) is 24.1. The van der Waals surface area contributed by atoms with E-state index in [0.717, 1.165) is 0 Å². The standard InChI is InChI=1S/C21H27ClN8O4/c1-29(7-3-6-24-21(33)28-13-5-2-4-12(22)8-13)9-14-16(31)17(32)20(34-14)30-11-27-15-18(23)25-10-26-19(15)30/h2,4-5,8,10-11,14,16-17,20,31-32H,3,6-7,9H2,1H3,(H2,23,25,26)(H2,24,28,33)/t14-,16-,17-,20-/m1/s1. The molecule has 0 spiro atoms. The lowest BCUT2D eigenvalue weighted by atomic mass is 10.1. The summed E-state index contributed by atoms with van der Waals surface area (Å²) in [6.07, 6.45) is -0.291. The number of carbonyl (C=O) groups is 1. The number of halogens is 1. The van der Waals surface area contributed by atoms with Gasteiger partial charge in [-0.2, -0.15) is 0 Å². The molecule has 2 amide bonds. The second kappa shape index (κ2) is 10.5. The molecule has 12 nitrogen and oxygen atoms in total. The van der Waals surface area contributed by atoms with Crippen LogP contribution in [0.1, 0.15) is 12.6 Å². The van der Waals surface area contributed by atoms with Crippen molar-refractivity contribution in [2.24, 2.45) is 0 Å². The fourth-order valence-electron chi connectivity index (χ4n) is 3.86. The zero-order valence-electron chi connectivity index (χ0n) is 18.5. The van der Waals surface area contributed by atoms with Gasteiger partial charge in [0.2, 0.25) is 0 Å². The summed E-state index contributed by atoms with van der Waals surface area (Å²) in [7, 11) is 1.88. The average Bonchev–Trinajstić information content (AvgIpc) is 3.34.